The fraction of sp³-hybridized carbons (Fsp3) is 0.200. The lowest BCUT2D eigenvalue weighted by Gasteiger charge is -2.04. The van der Waals surface area contributed by atoms with Crippen LogP contribution in [0.2, 0.25) is 0 Å². The third-order valence-corrected chi connectivity index (χ3v) is 1.86. The SMILES string of the molecule is COc1ccc(C(=O)CNNC(=O)O)cc1. The number of hydrazine groups is 1. The Morgan fingerprint density at radius 2 is 1.94 bits per heavy atom. The molecule has 0 radical (unpaired) electrons. The third-order valence-electron chi connectivity index (χ3n) is 1.86. The first-order valence-electron chi connectivity index (χ1n) is 4.52. The van der Waals surface area contributed by atoms with E-state index in [9.17, 15) is 9.59 Å². The number of amides is 1. The molecule has 1 aromatic rings. The molecule has 0 heterocycles. The minimum Gasteiger partial charge on any atom is -0.497 e. The molecule has 0 spiro atoms. The maximum Gasteiger partial charge on any atom is 0.419 e. The lowest BCUT2D eigenvalue weighted by atomic mass is 10.1. The number of nitrogens with one attached hydrogen (secondary N) is 2. The van der Waals surface area contributed by atoms with Crippen LogP contribution in [0.4, 0.5) is 4.79 Å². The first-order valence-corrected chi connectivity index (χ1v) is 4.52. The standard InChI is InChI=1S/C10H12N2O4/c1-16-8-4-2-7(3-5-8)9(13)6-11-12-10(14)15/h2-5,11-12H,6H2,1H3,(H,14,15). The van der Waals surface area contributed by atoms with Gasteiger partial charge >= 0.3 is 6.09 Å². The van der Waals surface area contributed by atoms with Gasteiger partial charge < -0.3 is 9.84 Å². The summed E-state index contributed by atoms with van der Waals surface area (Å²) in [6.07, 6.45) is -1.23. The van der Waals surface area contributed by atoms with Gasteiger partial charge in [-0.15, -0.1) is 0 Å². The largest absolute Gasteiger partial charge is 0.497 e. The van der Waals surface area contributed by atoms with Crippen molar-refractivity contribution in [2.24, 2.45) is 0 Å². The van der Waals surface area contributed by atoms with E-state index in [0.717, 1.165) is 0 Å². The molecule has 0 aliphatic rings. The van der Waals surface area contributed by atoms with Crippen LogP contribution in [-0.2, 0) is 0 Å². The van der Waals surface area contributed by atoms with E-state index in [1.165, 1.54) is 7.11 Å². The van der Waals surface area contributed by atoms with Gasteiger partial charge in [0, 0.05) is 5.56 Å². The van der Waals surface area contributed by atoms with Crippen molar-refractivity contribution in [1.29, 1.82) is 0 Å². The molecule has 0 aliphatic heterocycles. The predicted molar refractivity (Wildman–Crippen MR) is 56.5 cm³/mol. The third kappa shape index (κ3) is 3.58. The second-order valence-electron chi connectivity index (χ2n) is 2.94. The molecule has 0 fully saturated rings. The van der Waals surface area contributed by atoms with Gasteiger partial charge in [-0.1, -0.05) is 0 Å². The summed E-state index contributed by atoms with van der Waals surface area (Å²) < 4.78 is 4.94. The van der Waals surface area contributed by atoms with E-state index in [-0.39, 0.29) is 12.3 Å². The minimum atomic E-state index is -1.23. The van der Waals surface area contributed by atoms with Crippen molar-refractivity contribution < 1.29 is 19.4 Å². The van der Waals surface area contributed by atoms with Crippen LogP contribution in [0.5, 0.6) is 5.75 Å². The van der Waals surface area contributed by atoms with Crippen molar-refractivity contribution in [3.63, 3.8) is 0 Å². The van der Waals surface area contributed by atoms with Crippen LogP contribution in [0.1, 0.15) is 10.4 Å². The molecule has 0 aromatic heterocycles. The Hall–Kier alpha value is -2.08. The number of hydrogen-bond acceptors (Lipinski definition) is 4. The van der Waals surface area contributed by atoms with Crippen LogP contribution in [0.15, 0.2) is 24.3 Å². The molecule has 6 heteroatoms. The van der Waals surface area contributed by atoms with Crippen LogP contribution < -0.4 is 15.6 Å². The molecule has 1 rings (SSSR count). The highest BCUT2D eigenvalue weighted by Crippen LogP contribution is 2.11. The summed E-state index contributed by atoms with van der Waals surface area (Å²) in [5.74, 6) is 0.449. The summed E-state index contributed by atoms with van der Waals surface area (Å²) >= 11 is 0. The Balaban J connectivity index is 2.49. The number of benzene rings is 1. The van der Waals surface area contributed by atoms with Crippen LogP contribution >= 0.6 is 0 Å². The summed E-state index contributed by atoms with van der Waals surface area (Å²) in [6, 6.07) is 6.56. The molecule has 0 aliphatic carbocycles. The number of carbonyl (C=O) groups excluding carboxylic acids is 1. The molecule has 0 atom stereocenters. The van der Waals surface area contributed by atoms with Crippen LogP contribution in [0.25, 0.3) is 0 Å². The maximum absolute atomic E-state index is 11.5. The fourth-order valence-electron chi connectivity index (χ4n) is 1.08. The molecule has 0 unspecified atom stereocenters. The Morgan fingerprint density at radius 1 is 1.31 bits per heavy atom. The number of Topliss-reactive ketones (excluding diaryl/α,β-unsaturated/α-hetero) is 1. The van der Waals surface area contributed by atoms with E-state index in [1.807, 2.05) is 5.43 Å². The summed E-state index contributed by atoms with van der Waals surface area (Å²) in [7, 11) is 1.54. The zero-order chi connectivity index (χ0) is 12.0. The Morgan fingerprint density at radius 3 is 2.44 bits per heavy atom. The zero-order valence-corrected chi connectivity index (χ0v) is 8.69. The molecular formula is C10H12N2O4. The molecule has 3 N–H and O–H groups in total. The second kappa shape index (κ2) is 5.72. The number of carboxylic acid groups (broad SMARTS) is 1. The number of rotatable bonds is 5. The summed E-state index contributed by atoms with van der Waals surface area (Å²) in [4.78, 5) is 21.6. The highest BCUT2D eigenvalue weighted by Gasteiger charge is 2.05. The quantitative estimate of drug-likeness (QED) is 0.505. The average Bonchev–Trinajstić information content (AvgIpc) is 2.28. The second-order valence-corrected chi connectivity index (χ2v) is 2.94. The fourth-order valence-corrected chi connectivity index (χ4v) is 1.08. The minimum absolute atomic E-state index is 0.0986. The number of methoxy groups -OCH3 is 1. The van der Waals surface area contributed by atoms with Crippen molar-refractivity contribution in [2.45, 2.75) is 0 Å². The van der Waals surface area contributed by atoms with Gasteiger partial charge in [0.05, 0.1) is 13.7 Å². The van der Waals surface area contributed by atoms with Crippen molar-refractivity contribution in [3.05, 3.63) is 29.8 Å². The normalized spacial score (nSPS) is 9.56. The molecule has 0 saturated carbocycles. The van der Waals surface area contributed by atoms with Gasteiger partial charge in [-0.3, -0.25) is 10.2 Å². The van der Waals surface area contributed by atoms with Crippen molar-refractivity contribution in [3.8, 4) is 5.75 Å². The zero-order valence-electron chi connectivity index (χ0n) is 8.69. The molecular weight excluding hydrogens is 212 g/mol. The molecule has 1 amide bonds. The van der Waals surface area contributed by atoms with Gasteiger partial charge in [0.25, 0.3) is 0 Å². The van der Waals surface area contributed by atoms with Crippen LogP contribution in [-0.4, -0.2) is 30.6 Å². The summed E-state index contributed by atoms with van der Waals surface area (Å²) in [5.41, 5.74) is 4.66. The van der Waals surface area contributed by atoms with Gasteiger partial charge in [0.2, 0.25) is 0 Å². The first-order chi connectivity index (χ1) is 7.63. The molecule has 0 bridgehead atoms. The van der Waals surface area contributed by atoms with Gasteiger partial charge in [-0.2, -0.15) is 0 Å². The molecule has 0 saturated heterocycles. The average molecular weight is 224 g/mol. The van der Waals surface area contributed by atoms with Crippen molar-refractivity contribution in [2.75, 3.05) is 13.7 Å². The van der Waals surface area contributed by atoms with Crippen molar-refractivity contribution in [1.82, 2.24) is 10.9 Å². The maximum atomic E-state index is 11.5. The molecule has 6 nitrogen and oxygen atoms in total. The smallest absolute Gasteiger partial charge is 0.419 e. The number of hydrogen-bond donors (Lipinski definition) is 3. The van der Waals surface area contributed by atoms with E-state index >= 15 is 0 Å². The monoisotopic (exact) mass is 224 g/mol. The highest BCUT2D eigenvalue weighted by atomic mass is 16.5. The van der Waals surface area contributed by atoms with Gasteiger partial charge in [-0.25, -0.2) is 10.2 Å². The Bertz CT molecular complexity index is 375. The van der Waals surface area contributed by atoms with Crippen molar-refractivity contribution >= 4 is 11.9 Å². The van der Waals surface area contributed by atoms with E-state index in [0.29, 0.717) is 11.3 Å². The van der Waals surface area contributed by atoms with Gasteiger partial charge in [-0.05, 0) is 24.3 Å². The summed E-state index contributed by atoms with van der Waals surface area (Å²) in [6.45, 7) is -0.0986. The number of ketones is 1. The van der Waals surface area contributed by atoms with Crippen LogP contribution in [0.3, 0.4) is 0 Å². The molecule has 1 aromatic carbocycles. The van der Waals surface area contributed by atoms with E-state index in [2.05, 4.69) is 5.43 Å². The van der Waals surface area contributed by atoms with E-state index < -0.39 is 6.09 Å². The topological polar surface area (TPSA) is 87.7 Å². The van der Waals surface area contributed by atoms with E-state index in [4.69, 9.17) is 9.84 Å². The van der Waals surface area contributed by atoms with E-state index in [1.54, 1.807) is 24.3 Å². The summed E-state index contributed by atoms with van der Waals surface area (Å²) in [5, 5.41) is 8.26. The molecule has 86 valence electrons. The van der Waals surface area contributed by atoms with Crippen LogP contribution in [0, 0.1) is 0 Å². The first kappa shape index (κ1) is 12.0. The number of ether oxygens (including phenoxy) is 1. The Kier molecular flexibility index (Phi) is 4.28. The van der Waals surface area contributed by atoms with Gasteiger partial charge in [0.15, 0.2) is 5.78 Å². The molecule has 16 heavy (non-hydrogen) atoms. The lowest BCUT2D eigenvalue weighted by Crippen LogP contribution is -2.39. The number of carbonyl (C=O) groups is 2. The predicted octanol–water partition coefficient (Wildman–Crippen LogP) is 0.650. The highest BCUT2D eigenvalue weighted by molar-refractivity contribution is 5.97. The van der Waals surface area contributed by atoms with Gasteiger partial charge in [0.1, 0.15) is 5.75 Å². The Labute approximate surface area is 92.2 Å². The lowest BCUT2D eigenvalue weighted by molar-refractivity contribution is 0.0986.